The van der Waals surface area contributed by atoms with Crippen molar-refractivity contribution in [3.63, 3.8) is 0 Å². The number of amides is 1. The molecule has 1 heterocycles. The number of halogens is 1. The lowest BCUT2D eigenvalue weighted by atomic mass is 10.1. The molecule has 1 fully saturated rings. The summed E-state index contributed by atoms with van der Waals surface area (Å²) in [5.41, 5.74) is 1.41. The Bertz CT molecular complexity index is 447. The molecular weight excluding hydrogens is 251 g/mol. The first-order valence-corrected chi connectivity index (χ1v) is 7.11. The Morgan fingerprint density at radius 1 is 1.61 bits per heavy atom. The van der Waals surface area contributed by atoms with E-state index in [1.165, 1.54) is 6.07 Å². The molecule has 1 aliphatic rings. The van der Waals surface area contributed by atoms with Gasteiger partial charge in [0.25, 0.3) is 0 Å². The fraction of sp³-hybridized carbons (Fsp3) is 0.462. The lowest BCUT2D eigenvalue weighted by Gasteiger charge is -2.17. The van der Waals surface area contributed by atoms with Crippen LogP contribution in [-0.2, 0) is 4.79 Å². The van der Waals surface area contributed by atoms with Gasteiger partial charge in [0.05, 0.1) is 12.1 Å². The summed E-state index contributed by atoms with van der Waals surface area (Å²) in [6.45, 7) is 3.59. The van der Waals surface area contributed by atoms with E-state index in [4.69, 9.17) is 0 Å². The van der Waals surface area contributed by atoms with Crippen LogP contribution in [0.5, 0.6) is 0 Å². The van der Waals surface area contributed by atoms with Crippen LogP contribution >= 0.6 is 11.8 Å². The Labute approximate surface area is 111 Å². The first-order chi connectivity index (χ1) is 8.58. The van der Waals surface area contributed by atoms with Crippen molar-refractivity contribution in [3.8, 4) is 0 Å². The maximum absolute atomic E-state index is 13.4. The number of hydrogen-bond donors (Lipinski definition) is 2. The number of aryl methyl sites for hydroxylation is 1. The molecule has 5 heteroatoms. The Hall–Kier alpha value is -1.07. The molecule has 2 rings (SSSR count). The van der Waals surface area contributed by atoms with Gasteiger partial charge in [-0.15, -0.1) is 11.8 Å². The number of carbonyl (C=O) groups is 1. The second kappa shape index (κ2) is 5.71. The van der Waals surface area contributed by atoms with Crippen LogP contribution in [0.3, 0.4) is 0 Å². The summed E-state index contributed by atoms with van der Waals surface area (Å²) in [6.07, 6.45) is 0. The molecule has 98 valence electrons. The Kier molecular flexibility index (Phi) is 4.24. The van der Waals surface area contributed by atoms with E-state index < -0.39 is 0 Å². The largest absolute Gasteiger partial charge is 0.348 e. The summed E-state index contributed by atoms with van der Waals surface area (Å²) in [4.78, 5) is 11.9. The first kappa shape index (κ1) is 13.4. The highest BCUT2D eigenvalue weighted by Crippen LogP contribution is 2.17. The molecule has 1 aromatic rings. The minimum Gasteiger partial charge on any atom is -0.348 e. The molecular formula is C13H17FN2OS. The molecule has 0 unspecified atom stereocenters. The first-order valence-electron chi connectivity index (χ1n) is 5.95. The Morgan fingerprint density at radius 3 is 3.00 bits per heavy atom. The van der Waals surface area contributed by atoms with Crippen molar-refractivity contribution in [2.24, 2.45) is 0 Å². The van der Waals surface area contributed by atoms with E-state index >= 15 is 0 Å². The number of nitrogens with one attached hydrogen (secondary N) is 2. The van der Waals surface area contributed by atoms with E-state index in [1.807, 2.05) is 13.0 Å². The van der Waals surface area contributed by atoms with Gasteiger partial charge in [-0.3, -0.25) is 10.1 Å². The standard InChI is InChI=1S/C13H17FN2OS/c1-8-3-4-10(5-11(8)14)9(2)16-13(17)12-6-18-7-15-12/h3-5,9,12,15H,6-7H2,1-2H3,(H,16,17)/t9-,12-/m1/s1. The van der Waals surface area contributed by atoms with Crippen molar-refractivity contribution >= 4 is 17.7 Å². The minimum absolute atomic E-state index is 0.0199. The Balaban J connectivity index is 2.00. The number of rotatable bonds is 3. The van der Waals surface area contributed by atoms with E-state index in [-0.39, 0.29) is 23.8 Å². The van der Waals surface area contributed by atoms with Crippen LogP contribution in [0.4, 0.5) is 4.39 Å². The van der Waals surface area contributed by atoms with Crippen LogP contribution in [0, 0.1) is 12.7 Å². The van der Waals surface area contributed by atoms with Gasteiger partial charge in [-0.25, -0.2) is 4.39 Å². The second-order valence-electron chi connectivity index (χ2n) is 4.51. The van der Waals surface area contributed by atoms with Crippen molar-refractivity contribution in [1.29, 1.82) is 0 Å². The van der Waals surface area contributed by atoms with E-state index in [2.05, 4.69) is 10.6 Å². The Morgan fingerprint density at radius 2 is 2.39 bits per heavy atom. The van der Waals surface area contributed by atoms with E-state index in [1.54, 1.807) is 24.8 Å². The molecule has 0 spiro atoms. The summed E-state index contributed by atoms with van der Waals surface area (Å²) in [5.74, 6) is 1.35. The van der Waals surface area contributed by atoms with Crippen LogP contribution in [0.25, 0.3) is 0 Å². The van der Waals surface area contributed by atoms with E-state index in [0.29, 0.717) is 5.56 Å². The van der Waals surface area contributed by atoms with Crippen LogP contribution in [0.2, 0.25) is 0 Å². The van der Waals surface area contributed by atoms with Crippen molar-refractivity contribution in [2.75, 3.05) is 11.6 Å². The molecule has 1 amide bonds. The highest BCUT2D eigenvalue weighted by atomic mass is 32.2. The van der Waals surface area contributed by atoms with Gasteiger partial charge in [0, 0.05) is 11.6 Å². The van der Waals surface area contributed by atoms with Crippen molar-refractivity contribution in [1.82, 2.24) is 10.6 Å². The quantitative estimate of drug-likeness (QED) is 0.880. The normalized spacial score (nSPS) is 20.7. The molecule has 2 atom stereocenters. The smallest absolute Gasteiger partial charge is 0.238 e. The van der Waals surface area contributed by atoms with Gasteiger partial charge in [0.1, 0.15) is 5.82 Å². The van der Waals surface area contributed by atoms with Gasteiger partial charge in [0.15, 0.2) is 0 Å². The third-order valence-electron chi connectivity index (χ3n) is 3.09. The zero-order chi connectivity index (χ0) is 13.1. The molecule has 2 N–H and O–H groups in total. The summed E-state index contributed by atoms with van der Waals surface area (Å²) >= 11 is 1.71. The molecule has 1 aliphatic heterocycles. The van der Waals surface area contributed by atoms with Gasteiger partial charge in [-0.1, -0.05) is 12.1 Å². The summed E-state index contributed by atoms with van der Waals surface area (Å²) < 4.78 is 13.4. The van der Waals surface area contributed by atoms with Gasteiger partial charge < -0.3 is 5.32 Å². The molecule has 1 saturated heterocycles. The molecule has 0 aliphatic carbocycles. The SMILES string of the molecule is Cc1ccc([C@@H](C)NC(=O)[C@H]2CSCN2)cc1F. The summed E-state index contributed by atoms with van der Waals surface area (Å²) in [7, 11) is 0. The summed E-state index contributed by atoms with van der Waals surface area (Å²) in [5, 5.41) is 6.01. The zero-order valence-electron chi connectivity index (χ0n) is 10.5. The van der Waals surface area contributed by atoms with Crippen molar-refractivity contribution < 1.29 is 9.18 Å². The molecule has 1 aromatic carbocycles. The number of hydrogen-bond acceptors (Lipinski definition) is 3. The third-order valence-corrected chi connectivity index (χ3v) is 4.03. The van der Waals surface area contributed by atoms with Crippen LogP contribution < -0.4 is 10.6 Å². The van der Waals surface area contributed by atoms with E-state index in [0.717, 1.165) is 17.2 Å². The molecule has 0 bridgehead atoms. The molecule has 18 heavy (non-hydrogen) atoms. The summed E-state index contributed by atoms with van der Waals surface area (Å²) in [6, 6.07) is 4.75. The second-order valence-corrected chi connectivity index (χ2v) is 5.54. The van der Waals surface area contributed by atoms with Crippen LogP contribution in [-0.4, -0.2) is 23.6 Å². The predicted octanol–water partition coefficient (Wildman–Crippen LogP) is 1.97. The molecule has 0 saturated carbocycles. The molecule has 0 radical (unpaired) electrons. The number of carbonyl (C=O) groups excluding carboxylic acids is 1. The average molecular weight is 268 g/mol. The monoisotopic (exact) mass is 268 g/mol. The molecule has 0 aromatic heterocycles. The molecule has 3 nitrogen and oxygen atoms in total. The zero-order valence-corrected chi connectivity index (χ0v) is 11.3. The van der Waals surface area contributed by atoms with Crippen LogP contribution in [0.15, 0.2) is 18.2 Å². The number of benzene rings is 1. The van der Waals surface area contributed by atoms with Gasteiger partial charge in [-0.05, 0) is 31.0 Å². The van der Waals surface area contributed by atoms with Crippen LogP contribution in [0.1, 0.15) is 24.1 Å². The van der Waals surface area contributed by atoms with Gasteiger partial charge >= 0.3 is 0 Å². The lowest BCUT2D eigenvalue weighted by molar-refractivity contribution is -0.123. The fourth-order valence-electron chi connectivity index (χ4n) is 1.84. The van der Waals surface area contributed by atoms with E-state index in [9.17, 15) is 9.18 Å². The third kappa shape index (κ3) is 3.03. The highest BCUT2D eigenvalue weighted by Gasteiger charge is 2.23. The van der Waals surface area contributed by atoms with Crippen molar-refractivity contribution in [2.45, 2.75) is 25.9 Å². The maximum Gasteiger partial charge on any atom is 0.238 e. The van der Waals surface area contributed by atoms with Gasteiger partial charge in [-0.2, -0.15) is 0 Å². The average Bonchev–Trinajstić information content (AvgIpc) is 2.86. The topological polar surface area (TPSA) is 41.1 Å². The fourth-order valence-corrected chi connectivity index (χ4v) is 2.78. The lowest BCUT2D eigenvalue weighted by Crippen LogP contribution is -2.42. The number of thioether (sulfide) groups is 1. The maximum atomic E-state index is 13.4. The van der Waals surface area contributed by atoms with Gasteiger partial charge in [0.2, 0.25) is 5.91 Å². The van der Waals surface area contributed by atoms with Crippen molar-refractivity contribution in [3.05, 3.63) is 35.1 Å². The highest BCUT2D eigenvalue weighted by molar-refractivity contribution is 7.99. The minimum atomic E-state index is -0.233. The predicted molar refractivity (Wildman–Crippen MR) is 71.9 cm³/mol.